The van der Waals surface area contributed by atoms with Crippen molar-refractivity contribution in [1.82, 2.24) is 10.3 Å². The van der Waals surface area contributed by atoms with E-state index in [1.807, 2.05) is 42.6 Å². The van der Waals surface area contributed by atoms with E-state index in [1.54, 1.807) is 11.3 Å². The highest BCUT2D eigenvalue weighted by molar-refractivity contribution is 7.10. The number of thiophene rings is 1. The molecule has 1 aliphatic carbocycles. The minimum absolute atomic E-state index is 0.276. The summed E-state index contributed by atoms with van der Waals surface area (Å²) in [7, 11) is 0. The Bertz CT molecular complexity index is 1090. The van der Waals surface area contributed by atoms with Crippen molar-refractivity contribution in [3.05, 3.63) is 63.5 Å². The fraction of sp³-hybridized carbons (Fsp3) is 0.261. The third kappa shape index (κ3) is 4.07. The molecule has 0 atom stereocenters. The van der Waals surface area contributed by atoms with Crippen LogP contribution in [0, 0.1) is 0 Å². The summed E-state index contributed by atoms with van der Waals surface area (Å²) in [5.74, 6) is -0.752. The Morgan fingerprint density at radius 2 is 2.07 bits per heavy atom. The van der Waals surface area contributed by atoms with E-state index in [0.29, 0.717) is 12.1 Å². The number of hydrogen-bond acceptors (Lipinski definition) is 5. The number of amides is 1. The molecule has 0 bridgehead atoms. The number of pyridine rings is 1. The second-order valence-corrected chi connectivity index (χ2v) is 7.92. The third-order valence-corrected chi connectivity index (χ3v) is 5.73. The van der Waals surface area contributed by atoms with Crippen molar-refractivity contribution >= 4 is 45.8 Å². The van der Waals surface area contributed by atoms with E-state index in [2.05, 4.69) is 17.5 Å². The van der Waals surface area contributed by atoms with Crippen LogP contribution < -0.4 is 5.32 Å². The summed E-state index contributed by atoms with van der Waals surface area (Å²) in [4.78, 5) is 30.8. The molecule has 0 unspecified atom stereocenters. The number of para-hydroxylation sites is 1. The molecule has 2 heterocycles. The molecule has 0 saturated heterocycles. The molecule has 1 amide bonds. The van der Waals surface area contributed by atoms with Gasteiger partial charge in [-0.15, -0.1) is 11.3 Å². The van der Waals surface area contributed by atoms with Crippen molar-refractivity contribution < 1.29 is 14.3 Å². The maximum atomic E-state index is 13.0. The van der Waals surface area contributed by atoms with Crippen molar-refractivity contribution in [2.45, 2.75) is 26.2 Å². The lowest BCUT2D eigenvalue weighted by molar-refractivity contribution is -0.124. The van der Waals surface area contributed by atoms with Crippen molar-refractivity contribution in [2.24, 2.45) is 0 Å². The molecule has 1 aliphatic rings. The molecule has 148 valence electrons. The number of fused-ring (bicyclic) bond motifs is 2. The Kier molecular flexibility index (Phi) is 5.71. The normalized spacial score (nSPS) is 14.2. The molecular weight excluding hydrogens is 384 g/mol. The molecule has 2 aromatic heterocycles. The number of carbonyl (C=O) groups is 2. The van der Waals surface area contributed by atoms with Crippen molar-refractivity contribution in [3.63, 3.8) is 0 Å². The van der Waals surface area contributed by atoms with Gasteiger partial charge < -0.3 is 10.1 Å². The summed E-state index contributed by atoms with van der Waals surface area (Å²) in [6.45, 7) is 2.27. The number of allylic oxidation sites excluding steroid dienone is 1. The first-order chi connectivity index (χ1) is 14.2. The van der Waals surface area contributed by atoms with Gasteiger partial charge in [-0.2, -0.15) is 0 Å². The predicted octanol–water partition coefficient (Wildman–Crippen LogP) is 4.47. The minimum atomic E-state index is -0.469. The van der Waals surface area contributed by atoms with Crippen LogP contribution in [0.5, 0.6) is 0 Å². The highest BCUT2D eigenvalue weighted by atomic mass is 32.1. The maximum Gasteiger partial charge on any atom is 0.339 e. The monoisotopic (exact) mass is 406 g/mol. The van der Waals surface area contributed by atoms with Gasteiger partial charge in [-0.3, -0.25) is 4.79 Å². The molecule has 4 rings (SSSR count). The predicted molar refractivity (Wildman–Crippen MR) is 116 cm³/mol. The average Bonchev–Trinajstić information content (AvgIpc) is 3.39. The summed E-state index contributed by atoms with van der Waals surface area (Å²) in [5, 5.41) is 5.53. The highest BCUT2D eigenvalue weighted by Crippen LogP contribution is 2.38. The fourth-order valence-corrected chi connectivity index (χ4v) is 4.26. The number of benzene rings is 1. The van der Waals surface area contributed by atoms with E-state index in [1.165, 1.54) is 4.88 Å². The summed E-state index contributed by atoms with van der Waals surface area (Å²) < 4.78 is 5.37. The topological polar surface area (TPSA) is 68.3 Å². The lowest BCUT2D eigenvalue weighted by Gasteiger charge is -2.12. The van der Waals surface area contributed by atoms with Crippen LogP contribution in [0.2, 0.25) is 0 Å². The summed E-state index contributed by atoms with van der Waals surface area (Å²) in [5.41, 5.74) is 4.18. The van der Waals surface area contributed by atoms with Gasteiger partial charge in [0.1, 0.15) is 0 Å². The Labute approximate surface area is 173 Å². The number of rotatable bonds is 6. The molecular formula is C23H22N2O3S. The molecule has 0 radical (unpaired) electrons. The summed E-state index contributed by atoms with van der Waals surface area (Å²) in [6, 6.07) is 11.7. The number of hydrogen-bond donors (Lipinski definition) is 1. The fourth-order valence-electron chi connectivity index (χ4n) is 3.58. The van der Waals surface area contributed by atoms with Crippen molar-refractivity contribution in [1.29, 1.82) is 0 Å². The average molecular weight is 407 g/mol. The molecule has 0 fully saturated rings. The van der Waals surface area contributed by atoms with Gasteiger partial charge in [-0.1, -0.05) is 31.2 Å². The minimum Gasteiger partial charge on any atom is -0.452 e. The van der Waals surface area contributed by atoms with Crippen LogP contribution in [0.3, 0.4) is 0 Å². The third-order valence-electron chi connectivity index (χ3n) is 4.91. The zero-order valence-corrected chi connectivity index (χ0v) is 17.1. The standard InChI is InChI=1S/C23H22N2O3S/c1-2-11-24-20(26)14-28-23(27)21-17-7-3-4-8-19(17)25-22-15(9-10-18(21)22)13-16-6-5-12-29-16/h3-8,12-13H,2,9-11,14H2,1H3,(H,24,26)/b15-13+. The maximum absolute atomic E-state index is 13.0. The molecule has 1 aromatic carbocycles. The Morgan fingerprint density at radius 3 is 2.86 bits per heavy atom. The van der Waals surface area contributed by atoms with Gasteiger partial charge in [-0.05, 0) is 54.0 Å². The van der Waals surface area contributed by atoms with Crippen molar-refractivity contribution in [3.8, 4) is 0 Å². The number of esters is 1. The van der Waals surface area contributed by atoms with E-state index in [0.717, 1.165) is 47.0 Å². The number of ether oxygens (including phenoxy) is 1. The first kappa shape index (κ1) is 19.3. The van der Waals surface area contributed by atoms with Gasteiger partial charge in [0.05, 0.1) is 16.8 Å². The van der Waals surface area contributed by atoms with Gasteiger partial charge in [0, 0.05) is 16.8 Å². The Balaban J connectivity index is 1.70. The van der Waals surface area contributed by atoms with Crippen LogP contribution >= 0.6 is 11.3 Å². The van der Waals surface area contributed by atoms with Crippen molar-refractivity contribution in [2.75, 3.05) is 13.2 Å². The van der Waals surface area contributed by atoms with Gasteiger partial charge >= 0.3 is 5.97 Å². The molecule has 0 aliphatic heterocycles. The Morgan fingerprint density at radius 1 is 1.21 bits per heavy atom. The van der Waals surface area contributed by atoms with Gasteiger partial charge in [-0.25, -0.2) is 9.78 Å². The smallest absolute Gasteiger partial charge is 0.339 e. The molecule has 0 spiro atoms. The lowest BCUT2D eigenvalue weighted by Crippen LogP contribution is -2.29. The molecule has 5 nitrogen and oxygen atoms in total. The van der Waals surface area contributed by atoms with Gasteiger partial charge in [0.15, 0.2) is 6.61 Å². The van der Waals surface area contributed by atoms with E-state index in [4.69, 9.17) is 9.72 Å². The van der Waals surface area contributed by atoms with Crippen LogP contribution in [0.15, 0.2) is 41.8 Å². The van der Waals surface area contributed by atoms with Crippen LogP contribution in [0.1, 0.15) is 46.3 Å². The second-order valence-electron chi connectivity index (χ2n) is 6.94. The molecule has 1 N–H and O–H groups in total. The molecule has 6 heteroatoms. The van der Waals surface area contributed by atoms with Crippen LogP contribution in [-0.2, 0) is 16.0 Å². The number of carbonyl (C=O) groups excluding carboxylic acids is 2. The summed E-state index contributed by atoms with van der Waals surface area (Å²) in [6.07, 6.45) is 4.54. The molecule has 0 saturated carbocycles. The highest BCUT2D eigenvalue weighted by Gasteiger charge is 2.27. The SMILES string of the molecule is CCCNC(=O)COC(=O)c1c2c(nc3ccccc13)/C(=C/c1cccs1)CC2. The zero-order valence-electron chi connectivity index (χ0n) is 16.2. The van der Waals surface area contributed by atoms with E-state index < -0.39 is 5.97 Å². The number of nitrogens with one attached hydrogen (secondary N) is 1. The first-order valence-corrected chi connectivity index (χ1v) is 10.6. The second kappa shape index (κ2) is 8.57. The Hall–Kier alpha value is -2.99. The van der Waals surface area contributed by atoms with Gasteiger partial charge in [0.2, 0.25) is 0 Å². The number of aromatic nitrogens is 1. The van der Waals surface area contributed by atoms with Crippen LogP contribution in [0.25, 0.3) is 22.6 Å². The molecule has 3 aromatic rings. The largest absolute Gasteiger partial charge is 0.452 e. The van der Waals surface area contributed by atoms with E-state index in [9.17, 15) is 9.59 Å². The first-order valence-electron chi connectivity index (χ1n) is 9.77. The summed E-state index contributed by atoms with van der Waals surface area (Å²) >= 11 is 1.68. The van der Waals surface area contributed by atoms with E-state index >= 15 is 0 Å². The molecule has 29 heavy (non-hydrogen) atoms. The quantitative estimate of drug-likeness (QED) is 0.614. The lowest BCUT2D eigenvalue weighted by atomic mass is 10.0. The number of nitrogens with zero attached hydrogens (tertiary/aromatic N) is 1. The van der Waals surface area contributed by atoms with Crippen LogP contribution in [0.4, 0.5) is 0 Å². The zero-order chi connectivity index (χ0) is 20.2. The van der Waals surface area contributed by atoms with Gasteiger partial charge in [0.25, 0.3) is 5.91 Å². The van der Waals surface area contributed by atoms with E-state index in [-0.39, 0.29) is 12.5 Å². The van der Waals surface area contributed by atoms with Crippen LogP contribution in [-0.4, -0.2) is 30.0 Å².